The summed E-state index contributed by atoms with van der Waals surface area (Å²) in [5.74, 6) is 0. The summed E-state index contributed by atoms with van der Waals surface area (Å²) < 4.78 is 1.14. The van der Waals surface area contributed by atoms with E-state index in [2.05, 4.69) is 72.0 Å². The largest absolute Gasteiger partial charge is 0.396 e. The number of nitrogens with zero attached hydrogens (tertiary/aromatic N) is 1. The molecule has 20 heavy (non-hydrogen) atoms. The maximum absolute atomic E-state index is 9.02. The van der Waals surface area contributed by atoms with Crippen molar-refractivity contribution in [1.82, 2.24) is 5.32 Å². The Labute approximate surface area is 131 Å². The molecule has 0 saturated carbocycles. The number of rotatable bonds is 8. The Morgan fingerprint density at radius 1 is 1.25 bits per heavy atom. The van der Waals surface area contributed by atoms with E-state index in [0.717, 1.165) is 24.0 Å². The third kappa shape index (κ3) is 5.43. The van der Waals surface area contributed by atoms with Crippen LogP contribution in [0, 0.1) is 0 Å². The highest BCUT2D eigenvalue weighted by Gasteiger charge is 2.12. The fourth-order valence-electron chi connectivity index (χ4n) is 2.10. The summed E-state index contributed by atoms with van der Waals surface area (Å²) in [6.45, 7) is 10.6. The molecule has 2 N–H and O–H groups in total. The monoisotopic (exact) mass is 342 g/mol. The number of hydrogen-bond donors (Lipinski definition) is 2. The fraction of sp³-hybridized carbons (Fsp3) is 0.625. The number of benzene rings is 1. The van der Waals surface area contributed by atoms with Gasteiger partial charge in [0, 0.05) is 41.9 Å². The van der Waals surface area contributed by atoms with E-state index in [1.165, 1.54) is 11.3 Å². The minimum Gasteiger partial charge on any atom is -0.396 e. The lowest BCUT2D eigenvalue weighted by atomic mass is 10.1. The molecule has 0 atom stereocenters. The lowest BCUT2D eigenvalue weighted by Gasteiger charge is -2.29. The minimum atomic E-state index is 0.237. The van der Waals surface area contributed by atoms with Gasteiger partial charge < -0.3 is 15.3 Å². The van der Waals surface area contributed by atoms with Gasteiger partial charge in [0.2, 0.25) is 0 Å². The molecule has 0 amide bonds. The number of aliphatic hydroxyl groups excluding tert-OH is 1. The Morgan fingerprint density at radius 2 is 1.95 bits per heavy atom. The topological polar surface area (TPSA) is 35.5 Å². The fourth-order valence-corrected chi connectivity index (χ4v) is 2.61. The van der Waals surface area contributed by atoms with Crippen LogP contribution in [0.3, 0.4) is 0 Å². The summed E-state index contributed by atoms with van der Waals surface area (Å²) in [6, 6.07) is 7.42. The molecule has 0 radical (unpaired) electrons. The first-order chi connectivity index (χ1) is 9.45. The predicted molar refractivity (Wildman–Crippen MR) is 90.3 cm³/mol. The zero-order chi connectivity index (χ0) is 15.1. The van der Waals surface area contributed by atoms with Crippen molar-refractivity contribution in [1.29, 1.82) is 0 Å². The summed E-state index contributed by atoms with van der Waals surface area (Å²) in [5, 5.41) is 12.5. The summed E-state index contributed by atoms with van der Waals surface area (Å²) in [6.07, 6.45) is 0.798. The van der Waals surface area contributed by atoms with Crippen LogP contribution in [0.5, 0.6) is 0 Å². The lowest BCUT2D eigenvalue weighted by Crippen LogP contribution is -2.32. The Morgan fingerprint density at radius 3 is 2.45 bits per heavy atom. The molecular weight excluding hydrogens is 316 g/mol. The summed E-state index contributed by atoms with van der Waals surface area (Å²) >= 11 is 3.67. The SMILES string of the molecule is CC(C)NCc1ccc(N(CCCO)C(C)C)cc1Br. The van der Waals surface area contributed by atoms with Crippen molar-refractivity contribution in [2.45, 2.75) is 52.7 Å². The average Bonchev–Trinajstić information content (AvgIpc) is 2.37. The Balaban J connectivity index is 2.82. The molecule has 1 aromatic rings. The summed E-state index contributed by atoms with van der Waals surface area (Å²) in [7, 11) is 0. The van der Waals surface area contributed by atoms with Gasteiger partial charge in [0.1, 0.15) is 0 Å². The van der Waals surface area contributed by atoms with Gasteiger partial charge >= 0.3 is 0 Å². The summed E-state index contributed by atoms with van der Waals surface area (Å²) in [5.41, 5.74) is 2.47. The van der Waals surface area contributed by atoms with Crippen LogP contribution in [0.4, 0.5) is 5.69 Å². The van der Waals surface area contributed by atoms with Gasteiger partial charge in [-0.3, -0.25) is 0 Å². The first-order valence-corrected chi connectivity index (χ1v) is 8.14. The van der Waals surface area contributed by atoms with Crippen LogP contribution in [0.1, 0.15) is 39.7 Å². The highest BCUT2D eigenvalue weighted by atomic mass is 79.9. The normalized spacial score (nSPS) is 11.4. The van der Waals surface area contributed by atoms with Gasteiger partial charge in [0.25, 0.3) is 0 Å². The molecule has 0 unspecified atom stereocenters. The molecule has 0 aliphatic carbocycles. The predicted octanol–water partition coefficient (Wildman–Crippen LogP) is 3.54. The van der Waals surface area contributed by atoms with Crippen molar-refractivity contribution in [3.05, 3.63) is 28.2 Å². The maximum Gasteiger partial charge on any atom is 0.0447 e. The van der Waals surface area contributed by atoms with Crippen LogP contribution in [-0.2, 0) is 6.54 Å². The van der Waals surface area contributed by atoms with E-state index in [-0.39, 0.29) is 6.61 Å². The van der Waals surface area contributed by atoms with Crippen molar-refractivity contribution in [3.63, 3.8) is 0 Å². The molecule has 4 heteroatoms. The molecule has 0 saturated heterocycles. The Bertz CT molecular complexity index is 407. The molecule has 1 aromatic carbocycles. The number of hydrogen-bond acceptors (Lipinski definition) is 3. The smallest absolute Gasteiger partial charge is 0.0447 e. The molecule has 114 valence electrons. The van der Waals surface area contributed by atoms with Gasteiger partial charge in [0.15, 0.2) is 0 Å². The molecule has 0 aromatic heterocycles. The van der Waals surface area contributed by atoms with Crippen LogP contribution in [-0.4, -0.2) is 30.3 Å². The number of anilines is 1. The van der Waals surface area contributed by atoms with Gasteiger partial charge in [-0.1, -0.05) is 35.8 Å². The molecule has 0 spiro atoms. The Kier molecular flexibility index (Phi) is 7.56. The van der Waals surface area contributed by atoms with Crippen molar-refractivity contribution in [2.24, 2.45) is 0 Å². The molecule has 0 aliphatic rings. The second kappa shape index (κ2) is 8.65. The van der Waals surface area contributed by atoms with Crippen LogP contribution >= 0.6 is 15.9 Å². The summed E-state index contributed by atoms with van der Waals surface area (Å²) in [4.78, 5) is 2.32. The zero-order valence-corrected chi connectivity index (χ0v) is 14.6. The number of halogens is 1. The van der Waals surface area contributed by atoms with Gasteiger partial charge in [-0.05, 0) is 38.0 Å². The van der Waals surface area contributed by atoms with E-state index < -0.39 is 0 Å². The second-order valence-corrected chi connectivity index (χ2v) is 6.53. The third-order valence-corrected chi connectivity index (χ3v) is 3.99. The van der Waals surface area contributed by atoms with Crippen LogP contribution in [0.2, 0.25) is 0 Å². The molecule has 0 fully saturated rings. The molecule has 0 bridgehead atoms. The van der Waals surface area contributed by atoms with Crippen molar-refractivity contribution < 1.29 is 5.11 Å². The van der Waals surface area contributed by atoms with Gasteiger partial charge in [0.05, 0.1) is 0 Å². The van der Waals surface area contributed by atoms with E-state index >= 15 is 0 Å². The third-order valence-electron chi connectivity index (χ3n) is 3.25. The molecule has 1 rings (SSSR count). The number of aliphatic hydroxyl groups is 1. The maximum atomic E-state index is 9.02. The zero-order valence-electron chi connectivity index (χ0n) is 13.0. The first kappa shape index (κ1) is 17.5. The van der Waals surface area contributed by atoms with E-state index in [4.69, 9.17) is 5.11 Å². The van der Waals surface area contributed by atoms with Gasteiger partial charge in [-0.2, -0.15) is 0 Å². The van der Waals surface area contributed by atoms with Crippen molar-refractivity contribution in [2.75, 3.05) is 18.1 Å². The van der Waals surface area contributed by atoms with Crippen molar-refractivity contribution >= 4 is 21.6 Å². The molecule has 0 aliphatic heterocycles. The lowest BCUT2D eigenvalue weighted by molar-refractivity contribution is 0.288. The minimum absolute atomic E-state index is 0.237. The van der Waals surface area contributed by atoms with Gasteiger partial charge in [-0.25, -0.2) is 0 Å². The molecular formula is C16H27BrN2O. The highest BCUT2D eigenvalue weighted by Crippen LogP contribution is 2.25. The van der Waals surface area contributed by atoms with E-state index in [1.807, 2.05) is 0 Å². The van der Waals surface area contributed by atoms with Gasteiger partial charge in [-0.15, -0.1) is 0 Å². The standard InChI is InChI=1S/C16H27BrN2O/c1-12(2)18-11-14-6-7-15(10-16(14)17)19(13(3)4)8-5-9-20/h6-7,10,12-13,18,20H,5,8-9,11H2,1-4H3. The Hall–Kier alpha value is -0.580. The van der Waals surface area contributed by atoms with E-state index in [1.54, 1.807) is 0 Å². The molecule has 3 nitrogen and oxygen atoms in total. The average molecular weight is 343 g/mol. The second-order valence-electron chi connectivity index (χ2n) is 5.68. The number of nitrogens with one attached hydrogen (secondary N) is 1. The molecule has 0 heterocycles. The first-order valence-electron chi connectivity index (χ1n) is 7.35. The van der Waals surface area contributed by atoms with E-state index in [9.17, 15) is 0 Å². The van der Waals surface area contributed by atoms with Crippen LogP contribution < -0.4 is 10.2 Å². The highest BCUT2D eigenvalue weighted by molar-refractivity contribution is 9.10. The quantitative estimate of drug-likeness (QED) is 0.758. The van der Waals surface area contributed by atoms with E-state index in [0.29, 0.717) is 12.1 Å². The van der Waals surface area contributed by atoms with Crippen LogP contribution in [0.15, 0.2) is 22.7 Å². The van der Waals surface area contributed by atoms with Crippen molar-refractivity contribution in [3.8, 4) is 0 Å². The van der Waals surface area contributed by atoms with Crippen LogP contribution in [0.25, 0.3) is 0 Å².